The number of nitrogens with zero attached hydrogens (tertiary/aromatic N) is 2. The summed E-state index contributed by atoms with van der Waals surface area (Å²) < 4.78 is 6.99. The Morgan fingerprint density at radius 2 is 1.93 bits per heavy atom. The maximum Gasteiger partial charge on any atom is 0.308 e. The third kappa shape index (κ3) is 5.57. The van der Waals surface area contributed by atoms with E-state index in [9.17, 15) is 14.7 Å². The van der Waals surface area contributed by atoms with Crippen LogP contribution >= 0.6 is 0 Å². The molecule has 1 aromatic heterocycles. The predicted molar refractivity (Wildman–Crippen MR) is 102 cm³/mol. The predicted octanol–water partition coefficient (Wildman–Crippen LogP) is 2.62. The van der Waals surface area contributed by atoms with Gasteiger partial charge in [0.05, 0.1) is 23.8 Å². The van der Waals surface area contributed by atoms with Crippen molar-refractivity contribution >= 4 is 11.9 Å². The van der Waals surface area contributed by atoms with Crippen LogP contribution in [-0.4, -0.2) is 39.9 Å². The molecule has 2 N–H and O–H groups in total. The molecule has 7 nitrogen and oxygen atoms in total. The molecule has 0 aliphatic rings. The number of hydrogen-bond acceptors (Lipinski definition) is 4. The van der Waals surface area contributed by atoms with Gasteiger partial charge in [-0.1, -0.05) is 26.0 Å². The molecule has 0 fully saturated rings. The minimum atomic E-state index is -0.945. The minimum Gasteiger partial charge on any atom is -0.494 e. The number of carbonyl (C=O) groups is 2. The van der Waals surface area contributed by atoms with Gasteiger partial charge in [0.1, 0.15) is 5.75 Å². The molecule has 0 radical (unpaired) electrons. The quantitative estimate of drug-likeness (QED) is 0.705. The molecule has 27 heavy (non-hydrogen) atoms. The average molecular weight is 373 g/mol. The fourth-order valence-electron chi connectivity index (χ4n) is 2.84. The van der Waals surface area contributed by atoms with Gasteiger partial charge >= 0.3 is 5.97 Å². The molecule has 0 saturated carbocycles. The van der Waals surface area contributed by atoms with Crippen molar-refractivity contribution in [3.63, 3.8) is 0 Å². The van der Waals surface area contributed by atoms with Gasteiger partial charge in [-0.15, -0.1) is 0 Å². The summed E-state index contributed by atoms with van der Waals surface area (Å²) in [5.41, 5.74) is 2.07. The summed E-state index contributed by atoms with van der Waals surface area (Å²) in [7, 11) is 1.76. The van der Waals surface area contributed by atoms with Crippen LogP contribution in [0.25, 0.3) is 0 Å². The Labute approximate surface area is 159 Å². The molecule has 1 amide bonds. The van der Waals surface area contributed by atoms with Gasteiger partial charge in [-0.25, -0.2) is 0 Å². The smallest absolute Gasteiger partial charge is 0.308 e. The van der Waals surface area contributed by atoms with Crippen molar-refractivity contribution in [2.24, 2.45) is 13.0 Å². The highest BCUT2D eigenvalue weighted by molar-refractivity contribution is 5.95. The summed E-state index contributed by atoms with van der Waals surface area (Å²) in [6.07, 6.45) is 1.99. The van der Waals surface area contributed by atoms with Crippen LogP contribution in [-0.2, 0) is 18.3 Å². The summed E-state index contributed by atoms with van der Waals surface area (Å²) in [4.78, 5) is 24.1. The Balaban J connectivity index is 2.02. The minimum absolute atomic E-state index is 0.0494. The third-order valence-electron chi connectivity index (χ3n) is 4.22. The summed E-state index contributed by atoms with van der Waals surface area (Å²) >= 11 is 0. The molecule has 0 aliphatic heterocycles. The number of aryl methyl sites for hydroxylation is 1. The molecule has 2 rings (SSSR count). The van der Waals surface area contributed by atoms with Crippen molar-refractivity contribution in [3.8, 4) is 5.75 Å². The third-order valence-corrected chi connectivity index (χ3v) is 4.22. The van der Waals surface area contributed by atoms with Crippen LogP contribution in [0.2, 0.25) is 0 Å². The first-order valence-corrected chi connectivity index (χ1v) is 9.08. The number of amides is 1. The van der Waals surface area contributed by atoms with Crippen LogP contribution in [0.15, 0.2) is 30.5 Å². The van der Waals surface area contributed by atoms with Gasteiger partial charge in [0.15, 0.2) is 0 Å². The number of carboxylic acid groups (broad SMARTS) is 1. The first-order chi connectivity index (χ1) is 12.8. The lowest BCUT2D eigenvalue weighted by Gasteiger charge is -2.14. The molecule has 1 atom stereocenters. The first-order valence-electron chi connectivity index (χ1n) is 9.08. The molecule has 0 spiro atoms. The zero-order chi connectivity index (χ0) is 20.0. The topological polar surface area (TPSA) is 93.5 Å². The average Bonchev–Trinajstić information content (AvgIpc) is 3.02. The molecule has 1 aromatic carbocycles. The lowest BCUT2D eigenvalue weighted by molar-refractivity contribution is -0.141. The standard InChI is InChI=1S/C20H27N3O4/c1-5-27-16-8-6-14(7-9-16)10-15(20(25)26)11-21-19(24)17-12-23(4)22-18(17)13(2)3/h6-9,12-13,15H,5,10-11H2,1-4H3,(H,21,24)(H,25,26). The van der Waals surface area contributed by atoms with E-state index in [1.807, 2.05) is 45.0 Å². The van der Waals surface area contributed by atoms with E-state index in [4.69, 9.17) is 4.74 Å². The summed E-state index contributed by atoms with van der Waals surface area (Å²) in [5.74, 6) is -1.11. The largest absolute Gasteiger partial charge is 0.494 e. The summed E-state index contributed by atoms with van der Waals surface area (Å²) in [6, 6.07) is 7.34. The molecule has 0 saturated heterocycles. The molecule has 0 bridgehead atoms. The Bertz CT molecular complexity index is 781. The Hall–Kier alpha value is -2.83. The van der Waals surface area contributed by atoms with Crippen LogP contribution in [0.3, 0.4) is 0 Å². The Morgan fingerprint density at radius 3 is 2.48 bits per heavy atom. The van der Waals surface area contributed by atoms with Crippen molar-refractivity contribution in [1.82, 2.24) is 15.1 Å². The van der Waals surface area contributed by atoms with Crippen molar-refractivity contribution in [3.05, 3.63) is 47.3 Å². The van der Waals surface area contributed by atoms with Gasteiger partial charge in [-0.2, -0.15) is 5.10 Å². The highest BCUT2D eigenvalue weighted by Crippen LogP contribution is 2.18. The highest BCUT2D eigenvalue weighted by atomic mass is 16.5. The van der Waals surface area contributed by atoms with Gasteiger partial charge in [0.25, 0.3) is 5.91 Å². The maximum absolute atomic E-state index is 12.5. The molecule has 1 unspecified atom stereocenters. The van der Waals surface area contributed by atoms with E-state index < -0.39 is 11.9 Å². The Morgan fingerprint density at radius 1 is 1.26 bits per heavy atom. The molecule has 7 heteroatoms. The van der Waals surface area contributed by atoms with Crippen molar-refractivity contribution in [2.45, 2.75) is 33.1 Å². The van der Waals surface area contributed by atoms with Crippen molar-refractivity contribution < 1.29 is 19.4 Å². The fourth-order valence-corrected chi connectivity index (χ4v) is 2.84. The molecular weight excluding hydrogens is 346 g/mol. The highest BCUT2D eigenvalue weighted by Gasteiger charge is 2.22. The van der Waals surface area contributed by atoms with Crippen LogP contribution in [0.5, 0.6) is 5.75 Å². The second-order valence-corrected chi connectivity index (χ2v) is 6.78. The van der Waals surface area contributed by atoms with Gasteiger partial charge in [-0.3, -0.25) is 14.3 Å². The van der Waals surface area contributed by atoms with E-state index in [-0.39, 0.29) is 18.4 Å². The van der Waals surface area contributed by atoms with Crippen molar-refractivity contribution in [2.75, 3.05) is 13.2 Å². The fraction of sp³-hybridized carbons (Fsp3) is 0.450. The number of carboxylic acids is 1. The van der Waals surface area contributed by atoms with Gasteiger partial charge in [0.2, 0.25) is 0 Å². The van der Waals surface area contributed by atoms with E-state index in [2.05, 4.69) is 10.4 Å². The van der Waals surface area contributed by atoms with Gasteiger partial charge in [-0.05, 0) is 37.0 Å². The Kier molecular flexibility index (Phi) is 6.98. The second-order valence-electron chi connectivity index (χ2n) is 6.78. The molecule has 146 valence electrons. The van der Waals surface area contributed by atoms with Crippen LogP contribution in [0.1, 0.15) is 48.3 Å². The lowest BCUT2D eigenvalue weighted by atomic mass is 9.99. The maximum atomic E-state index is 12.5. The monoisotopic (exact) mass is 373 g/mol. The van der Waals surface area contributed by atoms with Crippen LogP contribution in [0.4, 0.5) is 0 Å². The van der Waals surface area contributed by atoms with E-state index in [0.29, 0.717) is 24.3 Å². The van der Waals surface area contributed by atoms with Gasteiger partial charge in [0, 0.05) is 19.8 Å². The molecule has 0 aliphatic carbocycles. The summed E-state index contributed by atoms with van der Waals surface area (Å²) in [5, 5.41) is 16.6. The molecular formula is C20H27N3O4. The lowest BCUT2D eigenvalue weighted by Crippen LogP contribution is -2.34. The van der Waals surface area contributed by atoms with Crippen LogP contribution in [0, 0.1) is 5.92 Å². The zero-order valence-corrected chi connectivity index (χ0v) is 16.2. The second kappa shape index (κ2) is 9.21. The number of rotatable bonds is 9. The number of benzene rings is 1. The number of aromatic nitrogens is 2. The SMILES string of the molecule is CCOc1ccc(CC(CNC(=O)c2cn(C)nc2C(C)C)C(=O)O)cc1. The van der Waals surface area contributed by atoms with Crippen molar-refractivity contribution in [1.29, 1.82) is 0 Å². The summed E-state index contributed by atoms with van der Waals surface area (Å²) in [6.45, 7) is 6.46. The number of hydrogen-bond donors (Lipinski definition) is 2. The number of nitrogens with one attached hydrogen (secondary N) is 1. The van der Waals surface area contributed by atoms with E-state index in [1.54, 1.807) is 17.9 Å². The van der Waals surface area contributed by atoms with Crippen LogP contribution < -0.4 is 10.1 Å². The zero-order valence-electron chi connectivity index (χ0n) is 16.2. The normalized spacial score (nSPS) is 12.0. The first kappa shape index (κ1) is 20.5. The molecule has 1 heterocycles. The van der Waals surface area contributed by atoms with E-state index >= 15 is 0 Å². The number of aliphatic carboxylic acids is 1. The van der Waals surface area contributed by atoms with Gasteiger partial charge < -0.3 is 15.2 Å². The van der Waals surface area contributed by atoms with E-state index in [0.717, 1.165) is 11.3 Å². The van der Waals surface area contributed by atoms with E-state index in [1.165, 1.54) is 0 Å². The molecule has 2 aromatic rings. The number of ether oxygens (including phenoxy) is 1. The number of carbonyl (C=O) groups excluding carboxylic acids is 1.